The van der Waals surface area contributed by atoms with Crippen LogP contribution in [-0.4, -0.2) is 33.9 Å². The van der Waals surface area contributed by atoms with E-state index in [0.29, 0.717) is 11.6 Å². The molecule has 2 rings (SSSR count). The van der Waals surface area contributed by atoms with Gasteiger partial charge in [-0.15, -0.1) is 0 Å². The Balaban J connectivity index is 0.000000541. The SMILES string of the molecule is Cc1cc(CC(=O)O)c(C)n1-c1ccccc1Cl.NCCO. The van der Waals surface area contributed by atoms with Crippen LogP contribution in [-0.2, 0) is 11.2 Å². The van der Waals surface area contributed by atoms with Crippen molar-refractivity contribution in [3.63, 3.8) is 0 Å². The van der Waals surface area contributed by atoms with Crippen molar-refractivity contribution in [2.75, 3.05) is 13.2 Å². The number of benzene rings is 1. The van der Waals surface area contributed by atoms with E-state index >= 15 is 0 Å². The summed E-state index contributed by atoms with van der Waals surface area (Å²) in [6.45, 7) is 4.33. The lowest BCUT2D eigenvalue weighted by Crippen LogP contribution is -2.03. The van der Waals surface area contributed by atoms with Gasteiger partial charge in [-0.25, -0.2) is 0 Å². The molecule has 0 fully saturated rings. The summed E-state index contributed by atoms with van der Waals surface area (Å²) < 4.78 is 1.99. The molecule has 120 valence electrons. The van der Waals surface area contributed by atoms with E-state index < -0.39 is 5.97 Å². The number of aliphatic hydroxyl groups is 1. The van der Waals surface area contributed by atoms with Crippen molar-refractivity contribution in [2.24, 2.45) is 5.73 Å². The van der Waals surface area contributed by atoms with E-state index in [0.717, 1.165) is 22.6 Å². The lowest BCUT2D eigenvalue weighted by atomic mass is 10.2. The van der Waals surface area contributed by atoms with Crippen LogP contribution >= 0.6 is 11.6 Å². The Morgan fingerprint density at radius 1 is 1.32 bits per heavy atom. The highest BCUT2D eigenvalue weighted by molar-refractivity contribution is 6.32. The standard InChI is InChI=1S/C14H14ClNO2.C2H7NO/c1-9-7-11(8-14(17)18)10(2)16(9)13-6-4-3-5-12(13)15;3-1-2-4/h3-7H,8H2,1-2H3,(H,17,18);4H,1-3H2. The summed E-state index contributed by atoms with van der Waals surface area (Å²) in [5.41, 5.74) is 8.38. The Morgan fingerprint density at radius 3 is 2.41 bits per heavy atom. The van der Waals surface area contributed by atoms with Crippen LogP contribution in [0.5, 0.6) is 0 Å². The van der Waals surface area contributed by atoms with Gasteiger partial charge in [0.25, 0.3) is 0 Å². The molecule has 0 saturated heterocycles. The van der Waals surface area contributed by atoms with Gasteiger partial charge < -0.3 is 20.5 Å². The van der Waals surface area contributed by atoms with Crippen LogP contribution in [0.1, 0.15) is 17.0 Å². The Bertz CT molecular complexity index is 636. The van der Waals surface area contributed by atoms with Crippen LogP contribution in [0.25, 0.3) is 5.69 Å². The molecule has 0 aliphatic carbocycles. The van der Waals surface area contributed by atoms with Crippen molar-refractivity contribution in [1.29, 1.82) is 0 Å². The maximum atomic E-state index is 10.8. The minimum atomic E-state index is -0.825. The first-order valence-corrected chi connectivity index (χ1v) is 7.25. The molecule has 0 unspecified atom stereocenters. The zero-order valence-electron chi connectivity index (χ0n) is 12.7. The van der Waals surface area contributed by atoms with Crippen molar-refractivity contribution >= 4 is 17.6 Å². The first kappa shape index (κ1) is 18.2. The number of carbonyl (C=O) groups is 1. The summed E-state index contributed by atoms with van der Waals surface area (Å²) >= 11 is 6.18. The second kappa shape index (κ2) is 8.58. The van der Waals surface area contributed by atoms with Crippen LogP contribution < -0.4 is 5.73 Å². The molecule has 0 aliphatic rings. The number of aromatic nitrogens is 1. The zero-order valence-corrected chi connectivity index (χ0v) is 13.5. The molecule has 0 atom stereocenters. The van der Waals surface area contributed by atoms with Gasteiger partial charge in [-0.3, -0.25) is 4.79 Å². The summed E-state index contributed by atoms with van der Waals surface area (Å²) in [7, 11) is 0. The summed E-state index contributed by atoms with van der Waals surface area (Å²) in [5.74, 6) is -0.825. The largest absolute Gasteiger partial charge is 0.481 e. The van der Waals surface area contributed by atoms with Gasteiger partial charge in [0.1, 0.15) is 0 Å². The number of nitrogens with two attached hydrogens (primary N) is 1. The van der Waals surface area contributed by atoms with Crippen molar-refractivity contribution in [1.82, 2.24) is 4.57 Å². The molecular weight excluding hydrogens is 304 g/mol. The smallest absolute Gasteiger partial charge is 0.307 e. The van der Waals surface area contributed by atoms with Gasteiger partial charge in [0.2, 0.25) is 0 Å². The number of hydrogen-bond acceptors (Lipinski definition) is 3. The van der Waals surface area contributed by atoms with Crippen molar-refractivity contribution in [2.45, 2.75) is 20.3 Å². The van der Waals surface area contributed by atoms with Crippen LogP contribution in [0.2, 0.25) is 5.02 Å². The van der Waals surface area contributed by atoms with E-state index in [2.05, 4.69) is 0 Å². The molecule has 5 nitrogen and oxygen atoms in total. The quantitative estimate of drug-likeness (QED) is 0.805. The van der Waals surface area contributed by atoms with Crippen molar-refractivity contribution < 1.29 is 15.0 Å². The normalized spacial score (nSPS) is 10.0. The van der Waals surface area contributed by atoms with Crippen LogP contribution in [0.4, 0.5) is 0 Å². The summed E-state index contributed by atoms with van der Waals surface area (Å²) in [4.78, 5) is 10.8. The van der Waals surface area contributed by atoms with Gasteiger partial charge >= 0.3 is 5.97 Å². The lowest BCUT2D eigenvalue weighted by Gasteiger charge is -2.11. The number of para-hydroxylation sites is 1. The predicted octanol–water partition coefficient (Wildman–Crippen LogP) is 2.31. The Kier molecular flexibility index (Phi) is 7.11. The fourth-order valence-electron chi connectivity index (χ4n) is 2.17. The van der Waals surface area contributed by atoms with E-state index in [9.17, 15) is 4.79 Å². The van der Waals surface area contributed by atoms with Gasteiger partial charge in [0, 0.05) is 17.9 Å². The number of carboxylic acid groups (broad SMARTS) is 1. The second-order valence-electron chi connectivity index (χ2n) is 4.77. The van der Waals surface area contributed by atoms with Crippen molar-refractivity contribution in [3.05, 3.63) is 52.3 Å². The maximum absolute atomic E-state index is 10.8. The summed E-state index contributed by atoms with van der Waals surface area (Å²) in [5, 5.41) is 17.3. The van der Waals surface area contributed by atoms with Gasteiger partial charge in [-0.05, 0) is 37.6 Å². The van der Waals surface area contributed by atoms with E-state index in [1.165, 1.54) is 0 Å². The second-order valence-corrected chi connectivity index (χ2v) is 5.17. The first-order chi connectivity index (χ1) is 10.4. The Morgan fingerprint density at radius 2 is 1.91 bits per heavy atom. The minimum absolute atomic E-state index is 0.0319. The number of aliphatic carboxylic acids is 1. The highest BCUT2D eigenvalue weighted by Gasteiger charge is 2.14. The van der Waals surface area contributed by atoms with E-state index in [-0.39, 0.29) is 13.0 Å². The minimum Gasteiger partial charge on any atom is -0.481 e. The molecule has 1 heterocycles. The fraction of sp³-hybridized carbons (Fsp3) is 0.312. The highest BCUT2D eigenvalue weighted by atomic mass is 35.5. The monoisotopic (exact) mass is 324 g/mol. The van der Waals surface area contributed by atoms with Crippen LogP contribution in [0.15, 0.2) is 30.3 Å². The van der Waals surface area contributed by atoms with Crippen LogP contribution in [0, 0.1) is 13.8 Å². The highest BCUT2D eigenvalue weighted by Crippen LogP contribution is 2.26. The molecule has 1 aromatic heterocycles. The number of carboxylic acids is 1. The number of rotatable bonds is 4. The molecule has 2 aromatic rings. The maximum Gasteiger partial charge on any atom is 0.307 e. The molecule has 22 heavy (non-hydrogen) atoms. The average Bonchev–Trinajstić information content (AvgIpc) is 2.74. The van der Waals surface area contributed by atoms with E-state index in [1.54, 1.807) is 0 Å². The number of halogens is 1. The van der Waals surface area contributed by atoms with Crippen LogP contribution in [0.3, 0.4) is 0 Å². The molecule has 0 spiro atoms. The van der Waals surface area contributed by atoms with Crippen molar-refractivity contribution in [3.8, 4) is 5.69 Å². The first-order valence-electron chi connectivity index (χ1n) is 6.87. The molecule has 6 heteroatoms. The number of hydrogen-bond donors (Lipinski definition) is 3. The number of aryl methyl sites for hydroxylation is 1. The number of aliphatic hydroxyl groups excluding tert-OH is 1. The zero-order chi connectivity index (χ0) is 16.7. The Labute approximate surface area is 134 Å². The van der Waals surface area contributed by atoms with Gasteiger partial charge in [-0.1, -0.05) is 23.7 Å². The van der Waals surface area contributed by atoms with Gasteiger partial charge in [0.05, 0.1) is 23.7 Å². The molecular formula is C16H21ClN2O3. The molecule has 0 bridgehead atoms. The molecule has 0 amide bonds. The third-order valence-electron chi connectivity index (χ3n) is 3.10. The molecule has 1 aromatic carbocycles. The van der Waals surface area contributed by atoms with Gasteiger partial charge in [-0.2, -0.15) is 0 Å². The molecule has 0 saturated carbocycles. The summed E-state index contributed by atoms with van der Waals surface area (Å²) in [6.07, 6.45) is 0.0319. The van der Waals surface area contributed by atoms with Gasteiger partial charge in [0.15, 0.2) is 0 Å². The molecule has 0 aliphatic heterocycles. The molecule has 0 radical (unpaired) electrons. The summed E-state index contributed by atoms with van der Waals surface area (Å²) in [6, 6.07) is 9.43. The lowest BCUT2D eigenvalue weighted by molar-refractivity contribution is -0.136. The topological polar surface area (TPSA) is 88.5 Å². The third kappa shape index (κ3) is 4.59. The third-order valence-corrected chi connectivity index (χ3v) is 3.42. The predicted molar refractivity (Wildman–Crippen MR) is 87.7 cm³/mol. The average molecular weight is 325 g/mol. The van der Waals surface area contributed by atoms with E-state index in [4.69, 9.17) is 27.5 Å². The molecule has 4 N–H and O–H groups in total. The number of nitrogens with zero attached hydrogens (tertiary/aromatic N) is 1. The Hall–Kier alpha value is -1.82. The fourth-order valence-corrected chi connectivity index (χ4v) is 2.40. The van der Waals surface area contributed by atoms with E-state index in [1.807, 2.05) is 48.7 Å².